The predicted molar refractivity (Wildman–Crippen MR) is 74.0 cm³/mol. The normalized spacial score (nSPS) is 10.1. The van der Waals surface area contributed by atoms with Crippen molar-refractivity contribution < 1.29 is 9.47 Å². The highest BCUT2D eigenvalue weighted by molar-refractivity contribution is 5.68. The fourth-order valence-corrected chi connectivity index (χ4v) is 1.80. The average Bonchev–Trinajstić information content (AvgIpc) is 2.40. The molecule has 0 aliphatic carbocycles. The zero-order valence-corrected chi connectivity index (χ0v) is 10.6. The molecule has 0 saturated carbocycles. The number of nitrogen functional groups attached to an aromatic ring is 1. The van der Waals surface area contributed by atoms with Crippen LogP contribution in [-0.2, 0) is 0 Å². The van der Waals surface area contributed by atoms with E-state index in [-0.39, 0.29) is 0 Å². The monoisotopic (exact) mass is 243 g/mol. The van der Waals surface area contributed by atoms with Gasteiger partial charge in [0.2, 0.25) is 0 Å². The molecule has 0 aliphatic rings. The average molecular weight is 243 g/mol. The number of anilines is 1. The molecule has 0 heterocycles. The molecule has 3 heteroatoms. The second-order valence-electron chi connectivity index (χ2n) is 3.92. The van der Waals surface area contributed by atoms with E-state index in [0.29, 0.717) is 6.61 Å². The summed E-state index contributed by atoms with van der Waals surface area (Å²) in [6, 6.07) is 13.7. The SMILES string of the molecule is CCOc1ccc(-c2ccc(N)cc2)cc1OC. The Labute approximate surface area is 107 Å². The van der Waals surface area contributed by atoms with E-state index in [9.17, 15) is 0 Å². The third-order valence-electron chi connectivity index (χ3n) is 2.71. The summed E-state index contributed by atoms with van der Waals surface area (Å²) in [6.45, 7) is 2.57. The molecule has 18 heavy (non-hydrogen) atoms. The first-order valence-corrected chi connectivity index (χ1v) is 5.91. The summed E-state index contributed by atoms with van der Waals surface area (Å²) in [4.78, 5) is 0. The van der Waals surface area contributed by atoms with Gasteiger partial charge in [0.1, 0.15) is 0 Å². The van der Waals surface area contributed by atoms with Gasteiger partial charge in [0.25, 0.3) is 0 Å². The lowest BCUT2D eigenvalue weighted by Crippen LogP contribution is -1.95. The van der Waals surface area contributed by atoms with Crippen molar-refractivity contribution >= 4 is 5.69 Å². The maximum absolute atomic E-state index is 5.68. The van der Waals surface area contributed by atoms with Gasteiger partial charge in [-0.25, -0.2) is 0 Å². The van der Waals surface area contributed by atoms with Gasteiger partial charge in [0, 0.05) is 5.69 Å². The standard InChI is InChI=1S/C15H17NO2/c1-3-18-14-9-6-12(10-15(14)17-2)11-4-7-13(16)8-5-11/h4-10H,3,16H2,1-2H3. The van der Waals surface area contributed by atoms with Crippen molar-refractivity contribution in [1.29, 1.82) is 0 Å². The molecule has 2 rings (SSSR count). The lowest BCUT2D eigenvalue weighted by Gasteiger charge is -2.11. The van der Waals surface area contributed by atoms with Crippen molar-refractivity contribution in [2.45, 2.75) is 6.92 Å². The van der Waals surface area contributed by atoms with E-state index in [1.165, 1.54) is 0 Å². The molecule has 2 aromatic carbocycles. The molecular weight excluding hydrogens is 226 g/mol. The molecular formula is C15H17NO2. The summed E-state index contributed by atoms with van der Waals surface area (Å²) in [6.07, 6.45) is 0. The number of hydrogen-bond acceptors (Lipinski definition) is 3. The van der Waals surface area contributed by atoms with E-state index in [1.54, 1.807) is 7.11 Å². The second kappa shape index (κ2) is 5.45. The van der Waals surface area contributed by atoms with E-state index in [0.717, 1.165) is 28.3 Å². The lowest BCUT2D eigenvalue weighted by molar-refractivity contribution is 0.311. The zero-order valence-electron chi connectivity index (χ0n) is 10.6. The molecule has 2 N–H and O–H groups in total. The highest BCUT2D eigenvalue weighted by Crippen LogP contribution is 2.32. The van der Waals surface area contributed by atoms with Crippen LogP contribution < -0.4 is 15.2 Å². The van der Waals surface area contributed by atoms with Crippen LogP contribution in [0.25, 0.3) is 11.1 Å². The highest BCUT2D eigenvalue weighted by Gasteiger charge is 2.06. The molecule has 0 unspecified atom stereocenters. The van der Waals surface area contributed by atoms with Crippen LogP contribution in [0.5, 0.6) is 11.5 Å². The summed E-state index contributed by atoms with van der Waals surface area (Å²) in [5, 5.41) is 0. The molecule has 0 amide bonds. The van der Waals surface area contributed by atoms with E-state index in [2.05, 4.69) is 0 Å². The number of benzene rings is 2. The van der Waals surface area contributed by atoms with Gasteiger partial charge < -0.3 is 15.2 Å². The van der Waals surface area contributed by atoms with Gasteiger partial charge in [-0.2, -0.15) is 0 Å². The number of nitrogens with two attached hydrogens (primary N) is 1. The van der Waals surface area contributed by atoms with Crippen molar-refractivity contribution in [3.63, 3.8) is 0 Å². The number of ether oxygens (including phenoxy) is 2. The van der Waals surface area contributed by atoms with Gasteiger partial charge in [-0.05, 0) is 42.3 Å². The van der Waals surface area contributed by atoms with Crippen molar-refractivity contribution in [3.05, 3.63) is 42.5 Å². The van der Waals surface area contributed by atoms with E-state index >= 15 is 0 Å². The third-order valence-corrected chi connectivity index (χ3v) is 2.71. The summed E-state index contributed by atoms with van der Waals surface area (Å²) in [5.74, 6) is 1.50. The van der Waals surface area contributed by atoms with Crippen molar-refractivity contribution in [3.8, 4) is 22.6 Å². The van der Waals surface area contributed by atoms with Crippen molar-refractivity contribution in [2.75, 3.05) is 19.5 Å². The fourth-order valence-electron chi connectivity index (χ4n) is 1.80. The molecule has 2 aromatic rings. The minimum absolute atomic E-state index is 0.623. The molecule has 0 saturated heterocycles. The van der Waals surface area contributed by atoms with E-state index < -0.39 is 0 Å². The molecule has 94 valence electrons. The summed E-state index contributed by atoms with van der Waals surface area (Å²) < 4.78 is 10.8. The van der Waals surface area contributed by atoms with Crippen molar-refractivity contribution in [2.24, 2.45) is 0 Å². The highest BCUT2D eigenvalue weighted by atomic mass is 16.5. The zero-order chi connectivity index (χ0) is 13.0. The van der Waals surface area contributed by atoms with Crippen LogP contribution in [0, 0.1) is 0 Å². The Bertz CT molecular complexity index is 521. The van der Waals surface area contributed by atoms with Gasteiger partial charge >= 0.3 is 0 Å². The quantitative estimate of drug-likeness (QED) is 0.837. The number of methoxy groups -OCH3 is 1. The lowest BCUT2D eigenvalue weighted by atomic mass is 10.0. The van der Waals surface area contributed by atoms with Crippen LogP contribution in [0.3, 0.4) is 0 Å². The molecule has 0 atom stereocenters. The first-order chi connectivity index (χ1) is 8.74. The summed E-state index contributed by atoms with van der Waals surface area (Å²) in [5.41, 5.74) is 8.62. The number of hydrogen-bond donors (Lipinski definition) is 1. The van der Waals surface area contributed by atoms with Crippen LogP contribution in [0.2, 0.25) is 0 Å². The fraction of sp³-hybridized carbons (Fsp3) is 0.200. The maximum Gasteiger partial charge on any atom is 0.161 e. The van der Waals surface area contributed by atoms with Crippen LogP contribution in [-0.4, -0.2) is 13.7 Å². The molecule has 0 fully saturated rings. The largest absolute Gasteiger partial charge is 0.493 e. The maximum atomic E-state index is 5.68. The second-order valence-corrected chi connectivity index (χ2v) is 3.92. The Morgan fingerprint density at radius 1 is 0.944 bits per heavy atom. The van der Waals surface area contributed by atoms with E-state index in [1.807, 2.05) is 49.4 Å². The number of rotatable bonds is 4. The van der Waals surface area contributed by atoms with Gasteiger partial charge in [-0.15, -0.1) is 0 Å². The molecule has 0 aromatic heterocycles. The van der Waals surface area contributed by atoms with Crippen molar-refractivity contribution in [1.82, 2.24) is 0 Å². The molecule has 0 aliphatic heterocycles. The van der Waals surface area contributed by atoms with Gasteiger partial charge in [-0.3, -0.25) is 0 Å². The van der Waals surface area contributed by atoms with Crippen LogP contribution in [0.4, 0.5) is 5.69 Å². The van der Waals surface area contributed by atoms with E-state index in [4.69, 9.17) is 15.2 Å². The third kappa shape index (κ3) is 2.56. The Hall–Kier alpha value is -2.16. The Balaban J connectivity index is 2.37. The van der Waals surface area contributed by atoms with Crippen LogP contribution >= 0.6 is 0 Å². The smallest absolute Gasteiger partial charge is 0.161 e. The van der Waals surface area contributed by atoms with Crippen LogP contribution in [0.15, 0.2) is 42.5 Å². The minimum Gasteiger partial charge on any atom is -0.493 e. The van der Waals surface area contributed by atoms with Gasteiger partial charge in [0.15, 0.2) is 11.5 Å². The summed E-state index contributed by atoms with van der Waals surface area (Å²) >= 11 is 0. The molecule has 3 nitrogen and oxygen atoms in total. The predicted octanol–water partition coefficient (Wildman–Crippen LogP) is 3.34. The summed E-state index contributed by atoms with van der Waals surface area (Å²) in [7, 11) is 1.64. The molecule has 0 radical (unpaired) electrons. The first-order valence-electron chi connectivity index (χ1n) is 5.91. The Morgan fingerprint density at radius 2 is 1.61 bits per heavy atom. The minimum atomic E-state index is 0.623. The molecule has 0 spiro atoms. The Morgan fingerprint density at radius 3 is 2.22 bits per heavy atom. The first kappa shape index (κ1) is 12.3. The van der Waals surface area contributed by atoms with Gasteiger partial charge in [-0.1, -0.05) is 18.2 Å². The van der Waals surface area contributed by atoms with Crippen LogP contribution in [0.1, 0.15) is 6.92 Å². The Kier molecular flexibility index (Phi) is 3.72. The van der Waals surface area contributed by atoms with Gasteiger partial charge in [0.05, 0.1) is 13.7 Å². The molecule has 0 bridgehead atoms. The topological polar surface area (TPSA) is 44.5 Å².